The third-order valence-corrected chi connectivity index (χ3v) is 4.49. The summed E-state index contributed by atoms with van der Waals surface area (Å²) in [7, 11) is 0. The standard InChI is InChI=1S/C14H23N3O4/c1-9-4-6-17(11(7-9)13(19)20)14(21)16-5-2-3-10(8-16)12(15)18/h9-11H,2-8H2,1H3,(H2,15,18)(H,19,20). The molecule has 7 nitrogen and oxygen atoms in total. The fourth-order valence-corrected chi connectivity index (χ4v) is 3.17. The maximum atomic E-state index is 12.6. The van der Waals surface area contributed by atoms with Gasteiger partial charge in [0, 0.05) is 19.6 Å². The molecule has 3 unspecified atom stereocenters. The zero-order valence-corrected chi connectivity index (χ0v) is 12.3. The minimum absolute atomic E-state index is 0.278. The van der Waals surface area contributed by atoms with E-state index in [1.807, 2.05) is 6.92 Å². The first-order valence-corrected chi connectivity index (χ1v) is 7.47. The lowest BCUT2D eigenvalue weighted by Gasteiger charge is -2.41. The zero-order valence-electron chi connectivity index (χ0n) is 12.3. The molecule has 3 atom stereocenters. The SMILES string of the molecule is CC1CCN(C(=O)N2CCCC(C(N)=O)C2)C(C(=O)O)C1. The molecule has 21 heavy (non-hydrogen) atoms. The van der Waals surface area contributed by atoms with Gasteiger partial charge in [-0.2, -0.15) is 0 Å². The third kappa shape index (κ3) is 3.46. The molecule has 0 aromatic heterocycles. The predicted octanol–water partition coefficient (Wildman–Crippen LogP) is 0.489. The first kappa shape index (κ1) is 15.6. The summed E-state index contributed by atoms with van der Waals surface area (Å²) in [4.78, 5) is 38.3. The summed E-state index contributed by atoms with van der Waals surface area (Å²) >= 11 is 0. The van der Waals surface area contributed by atoms with Crippen LogP contribution >= 0.6 is 0 Å². The van der Waals surface area contributed by atoms with Gasteiger partial charge in [0.2, 0.25) is 5.91 Å². The van der Waals surface area contributed by atoms with E-state index in [0.717, 1.165) is 12.8 Å². The second kappa shape index (κ2) is 6.32. The number of primary amides is 1. The van der Waals surface area contributed by atoms with Crippen molar-refractivity contribution in [1.82, 2.24) is 9.80 Å². The van der Waals surface area contributed by atoms with Crippen molar-refractivity contribution in [3.63, 3.8) is 0 Å². The fraction of sp³-hybridized carbons (Fsp3) is 0.786. The quantitative estimate of drug-likeness (QED) is 0.774. The van der Waals surface area contributed by atoms with Gasteiger partial charge in [0.15, 0.2) is 0 Å². The summed E-state index contributed by atoms with van der Waals surface area (Å²) < 4.78 is 0. The van der Waals surface area contributed by atoms with Gasteiger partial charge >= 0.3 is 12.0 Å². The lowest BCUT2D eigenvalue weighted by molar-refractivity contribution is -0.144. The number of likely N-dealkylation sites (tertiary alicyclic amines) is 2. The largest absolute Gasteiger partial charge is 0.480 e. The number of nitrogens with zero attached hydrogens (tertiary/aromatic N) is 2. The zero-order chi connectivity index (χ0) is 15.6. The third-order valence-electron chi connectivity index (χ3n) is 4.49. The van der Waals surface area contributed by atoms with E-state index in [1.165, 1.54) is 4.90 Å². The van der Waals surface area contributed by atoms with Gasteiger partial charge in [0.1, 0.15) is 6.04 Å². The average Bonchev–Trinajstić information content (AvgIpc) is 2.46. The van der Waals surface area contributed by atoms with Gasteiger partial charge in [0.05, 0.1) is 5.92 Å². The Morgan fingerprint density at radius 2 is 1.90 bits per heavy atom. The van der Waals surface area contributed by atoms with Crippen LogP contribution in [0.2, 0.25) is 0 Å². The summed E-state index contributed by atoms with van der Waals surface area (Å²) in [6.45, 7) is 3.31. The molecule has 2 saturated heterocycles. The first-order chi connectivity index (χ1) is 9.90. The van der Waals surface area contributed by atoms with Crippen LogP contribution in [0, 0.1) is 11.8 Å². The molecule has 2 aliphatic heterocycles. The predicted molar refractivity (Wildman–Crippen MR) is 75.4 cm³/mol. The summed E-state index contributed by atoms with van der Waals surface area (Å²) in [5, 5.41) is 9.33. The van der Waals surface area contributed by atoms with Crippen LogP contribution in [0.5, 0.6) is 0 Å². The molecule has 3 N–H and O–H groups in total. The molecule has 7 heteroatoms. The number of aliphatic carboxylic acids is 1. The minimum atomic E-state index is -0.960. The topological polar surface area (TPSA) is 104 Å². The molecular weight excluding hydrogens is 274 g/mol. The van der Waals surface area contributed by atoms with Crippen LogP contribution in [0.15, 0.2) is 0 Å². The van der Waals surface area contributed by atoms with Crippen molar-refractivity contribution in [2.75, 3.05) is 19.6 Å². The molecule has 0 bridgehead atoms. The number of carbonyl (C=O) groups excluding carboxylic acids is 2. The Morgan fingerprint density at radius 3 is 2.52 bits per heavy atom. The summed E-state index contributed by atoms with van der Waals surface area (Å²) in [6.07, 6.45) is 2.70. The van der Waals surface area contributed by atoms with Gasteiger partial charge in [-0.25, -0.2) is 9.59 Å². The average molecular weight is 297 g/mol. The molecule has 2 rings (SSSR count). The minimum Gasteiger partial charge on any atom is -0.480 e. The van der Waals surface area contributed by atoms with Crippen molar-refractivity contribution in [1.29, 1.82) is 0 Å². The van der Waals surface area contributed by atoms with E-state index < -0.39 is 17.9 Å². The molecule has 0 radical (unpaired) electrons. The Bertz CT molecular complexity index is 440. The number of hydrogen-bond donors (Lipinski definition) is 2. The maximum Gasteiger partial charge on any atom is 0.326 e. The van der Waals surface area contributed by atoms with Gasteiger partial charge in [-0.1, -0.05) is 6.92 Å². The highest BCUT2D eigenvalue weighted by atomic mass is 16.4. The van der Waals surface area contributed by atoms with Crippen LogP contribution in [-0.4, -0.2) is 58.5 Å². The van der Waals surface area contributed by atoms with Crippen molar-refractivity contribution in [3.05, 3.63) is 0 Å². The Morgan fingerprint density at radius 1 is 1.19 bits per heavy atom. The Hall–Kier alpha value is -1.79. The van der Waals surface area contributed by atoms with Crippen LogP contribution in [0.25, 0.3) is 0 Å². The normalized spacial score (nSPS) is 30.0. The van der Waals surface area contributed by atoms with Crippen LogP contribution in [0.4, 0.5) is 4.79 Å². The van der Waals surface area contributed by atoms with Gasteiger partial charge in [-0.05, 0) is 31.6 Å². The lowest BCUT2D eigenvalue weighted by Crippen LogP contribution is -2.56. The molecule has 0 saturated carbocycles. The highest BCUT2D eigenvalue weighted by Crippen LogP contribution is 2.25. The molecule has 0 spiro atoms. The maximum absolute atomic E-state index is 12.6. The monoisotopic (exact) mass is 297 g/mol. The molecule has 0 aromatic carbocycles. The number of carboxylic acids is 1. The van der Waals surface area contributed by atoms with E-state index in [2.05, 4.69) is 0 Å². The number of urea groups is 1. The van der Waals surface area contributed by atoms with Crippen LogP contribution in [-0.2, 0) is 9.59 Å². The second-order valence-corrected chi connectivity index (χ2v) is 6.15. The summed E-state index contributed by atoms with van der Waals surface area (Å²) in [5.74, 6) is -1.38. The van der Waals surface area contributed by atoms with Crippen LogP contribution < -0.4 is 5.73 Å². The van der Waals surface area contributed by atoms with Crippen molar-refractivity contribution in [2.24, 2.45) is 17.6 Å². The molecule has 0 aromatic rings. The molecule has 118 valence electrons. The van der Waals surface area contributed by atoms with Crippen molar-refractivity contribution in [3.8, 4) is 0 Å². The Labute approximate surface area is 124 Å². The van der Waals surface area contributed by atoms with E-state index in [4.69, 9.17) is 5.73 Å². The van der Waals surface area contributed by atoms with Crippen LogP contribution in [0.1, 0.15) is 32.6 Å². The Balaban J connectivity index is 2.07. The van der Waals surface area contributed by atoms with E-state index in [1.54, 1.807) is 4.90 Å². The molecule has 0 aliphatic carbocycles. The first-order valence-electron chi connectivity index (χ1n) is 7.47. The number of rotatable bonds is 2. The van der Waals surface area contributed by atoms with Crippen molar-refractivity contribution >= 4 is 17.9 Å². The van der Waals surface area contributed by atoms with Gasteiger partial charge in [0.25, 0.3) is 0 Å². The van der Waals surface area contributed by atoms with E-state index in [9.17, 15) is 19.5 Å². The highest BCUT2D eigenvalue weighted by molar-refractivity contribution is 5.84. The molecule has 3 amide bonds. The van der Waals surface area contributed by atoms with Crippen LogP contribution in [0.3, 0.4) is 0 Å². The fourth-order valence-electron chi connectivity index (χ4n) is 3.17. The van der Waals surface area contributed by atoms with Crippen molar-refractivity contribution in [2.45, 2.75) is 38.6 Å². The Kier molecular flexibility index (Phi) is 4.69. The highest BCUT2D eigenvalue weighted by Gasteiger charge is 2.38. The number of hydrogen-bond acceptors (Lipinski definition) is 3. The van der Waals surface area contributed by atoms with Gasteiger partial charge in [-0.15, -0.1) is 0 Å². The van der Waals surface area contributed by atoms with E-state index >= 15 is 0 Å². The molecule has 2 fully saturated rings. The smallest absolute Gasteiger partial charge is 0.326 e. The number of nitrogens with two attached hydrogens (primary N) is 1. The van der Waals surface area contributed by atoms with Gasteiger partial charge in [-0.3, -0.25) is 4.79 Å². The summed E-state index contributed by atoms with van der Waals surface area (Å²) in [6, 6.07) is -1.05. The molecular formula is C14H23N3O4. The van der Waals surface area contributed by atoms with E-state index in [0.29, 0.717) is 38.4 Å². The second-order valence-electron chi connectivity index (χ2n) is 6.15. The molecule has 2 aliphatic rings. The van der Waals surface area contributed by atoms with E-state index in [-0.39, 0.29) is 11.9 Å². The van der Waals surface area contributed by atoms with Crippen molar-refractivity contribution < 1.29 is 19.5 Å². The lowest BCUT2D eigenvalue weighted by atomic mass is 9.92. The number of piperidine rings is 2. The van der Waals surface area contributed by atoms with Gasteiger partial charge < -0.3 is 20.6 Å². The summed E-state index contributed by atoms with van der Waals surface area (Å²) in [5.41, 5.74) is 5.32. The molecule has 2 heterocycles. The number of amides is 3. The number of carboxylic acid groups (broad SMARTS) is 1. The number of carbonyl (C=O) groups is 3.